The lowest BCUT2D eigenvalue weighted by Crippen LogP contribution is -2.58. The van der Waals surface area contributed by atoms with Gasteiger partial charge in [-0.25, -0.2) is 4.98 Å². The van der Waals surface area contributed by atoms with Crippen molar-refractivity contribution in [1.29, 1.82) is 0 Å². The zero-order valence-electron chi connectivity index (χ0n) is 11.1. The molecule has 1 amide bonds. The minimum atomic E-state index is -0.792. The molecule has 1 aromatic rings. The molecule has 0 radical (unpaired) electrons. The molecule has 1 aromatic heterocycles. The second kappa shape index (κ2) is 4.94. The Hall–Kier alpha value is -1.62. The number of anilines is 1. The van der Waals surface area contributed by atoms with E-state index in [0.29, 0.717) is 13.2 Å². The Morgan fingerprint density at radius 3 is 2.89 bits per heavy atom. The number of hydrogen-bond acceptors (Lipinski definition) is 4. The molecule has 1 aliphatic rings. The van der Waals surface area contributed by atoms with Crippen LogP contribution in [0.5, 0.6) is 0 Å². The van der Waals surface area contributed by atoms with E-state index in [1.54, 1.807) is 25.2 Å². The topological polar surface area (TPSA) is 45.7 Å². The van der Waals surface area contributed by atoms with Gasteiger partial charge in [-0.3, -0.25) is 4.79 Å². The molecule has 98 valence electrons. The third-order valence-electron chi connectivity index (χ3n) is 3.11. The Morgan fingerprint density at radius 1 is 1.50 bits per heavy atom. The van der Waals surface area contributed by atoms with E-state index in [0.717, 1.165) is 12.4 Å². The lowest BCUT2D eigenvalue weighted by molar-refractivity contribution is -0.155. The number of pyridine rings is 1. The lowest BCUT2D eigenvalue weighted by atomic mass is 10.0. The Labute approximate surface area is 107 Å². The average Bonchev–Trinajstić information content (AvgIpc) is 2.39. The highest BCUT2D eigenvalue weighted by molar-refractivity contribution is 5.85. The number of carbonyl (C=O) groups excluding carboxylic acids is 1. The van der Waals surface area contributed by atoms with Crippen LogP contribution in [-0.4, -0.2) is 55.2 Å². The summed E-state index contributed by atoms with van der Waals surface area (Å²) in [6.45, 7) is 3.66. The van der Waals surface area contributed by atoms with Gasteiger partial charge in [0.2, 0.25) is 0 Å². The minimum Gasteiger partial charge on any atom is -0.362 e. The molecule has 2 heterocycles. The van der Waals surface area contributed by atoms with Gasteiger partial charge in [0.15, 0.2) is 5.60 Å². The number of rotatable bonds is 2. The van der Waals surface area contributed by atoms with Crippen molar-refractivity contribution in [3.8, 4) is 0 Å². The van der Waals surface area contributed by atoms with Crippen LogP contribution in [0.15, 0.2) is 24.4 Å². The maximum Gasteiger partial charge on any atom is 0.255 e. The molecule has 0 aromatic carbocycles. The van der Waals surface area contributed by atoms with Crippen molar-refractivity contribution in [2.75, 3.05) is 38.7 Å². The number of ether oxygens (including phenoxy) is 1. The summed E-state index contributed by atoms with van der Waals surface area (Å²) in [5.41, 5.74) is -0.792. The molecule has 0 bridgehead atoms. The highest BCUT2D eigenvalue weighted by atomic mass is 16.5. The molecule has 0 aliphatic carbocycles. The molecular formula is C13H19N3O2. The van der Waals surface area contributed by atoms with Gasteiger partial charge in [0.05, 0.1) is 13.2 Å². The first-order valence-corrected chi connectivity index (χ1v) is 6.05. The van der Waals surface area contributed by atoms with Crippen LogP contribution in [0.4, 0.5) is 5.82 Å². The van der Waals surface area contributed by atoms with E-state index < -0.39 is 5.60 Å². The minimum absolute atomic E-state index is 0.0110. The van der Waals surface area contributed by atoms with Crippen molar-refractivity contribution in [3.05, 3.63) is 24.4 Å². The Bertz CT molecular complexity index is 422. The number of aromatic nitrogens is 1. The normalized spacial score (nSPS) is 23.8. The van der Waals surface area contributed by atoms with Gasteiger partial charge in [-0.05, 0) is 19.1 Å². The quantitative estimate of drug-likeness (QED) is 0.776. The molecule has 5 heteroatoms. The van der Waals surface area contributed by atoms with Crippen LogP contribution in [0, 0.1) is 0 Å². The second-order valence-corrected chi connectivity index (χ2v) is 4.89. The van der Waals surface area contributed by atoms with Crippen LogP contribution < -0.4 is 4.90 Å². The smallest absolute Gasteiger partial charge is 0.255 e. The van der Waals surface area contributed by atoms with Crippen molar-refractivity contribution < 1.29 is 9.53 Å². The van der Waals surface area contributed by atoms with Crippen molar-refractivity contribution >= 4 is 11.7 Å². The summed E-state index contributed by atoms with van der Waals surface area (Å²) in [5.74, 6) is 0.877. The van der Waals surface area contributed by atoms with E-state index in [9.17, 15) is 4.79 Å². The van der Waals surface area contributed by atoms with E-state index in [1.807, 2.05) is 25.1 Å². The molecule has 1 fully saturated rings. The van der Waals surface area contributed by atoms with E-state index in [-0.39, 0.29) is 5.91 Å². The molecule has 0 saturated carbocycles. The first kappa shape index (κ1) is 12.8. The average molecular weight is 249 g/mol. The van der Waals surface area contributed by atoms with E-state index in [1.165, 1.54) is 0 Å². The summed E-state index contributed by atoms with van der Waals surface area (Å²) < 4.78 is 5.68. The fraction of sp³-hybridized carbons (Fsp3) is 0.538. The molecule has 1 atom stereocenters. The van der Waals surface area contributed by atoms with Gasteiger partial charge in [0.1, 0.15) is 5.82 Å². The summed E-state index contributed by atoms with van der Waals surface area (Å²) in [7, 11) is 3.49. The van der Waals surface area contributed by atoms with Gasteiger partial charge < -0.3 is 14.5 Å². The fourth-order valence-electron chi connectivity index (χ4n) is 2.21. The van der Waals surface area contributed by atoms with Crippen LogP contribution in [0.3, 0.4) is 0 Å². The molecule has 0 spiro atoms. The maximum atomic E-state index is 12.2. The molecule has 1 saturated heterocycles. The molecule has 2 rings (SSSR count). The molecule has 1 aliphatic heterocycles. The number of likely N-dealkylation sites (N-methyl/N-ethyl adjacent to an activating group) is 1. The summed E-state index contributed by atoms with van der Waals surface area (Å²) in [5, 5.41) is 0. The van der Waals surface area contributed by atoms with Gasteiger partial charge >= 0.3 is 0 Å². The standard InChI is InChI=1S/C13H19N3O2/c1-13(12(17)15(2)3)10-16(8-9-18-13)11-6-4-5-7-14-11/h4-7H,8-10H2,1-3H3. The van der Waals surface area contributed by atoms with E-state index in [2.05, 4.69) is 9.88 Å². The van der Waals surface area contributed by atoms with Crippen molar-refractivity contribution in [2.24, 2.45) is 0 Å². The highest BCUT2D eigenvalue weighted by Crippen LogP contribution is 2.23. The lowest BCUT2D eigenvalue weighted by Gasteiger charge is -2.40. The number of morpholine rings is 1. The third-order valence-corrected chi connectivity index (χ3v) is 3.11. The zero-order chi connectivity index (χ0) is 13.2. The van der Waals surface area contributed by atoms with Crippen LogP contribution in [0.25, 0.3) is 0 Å². The first-order valence-electron chi connectivity index (χ1n) is 6.05. The molecular weight excluding hydrogens is 230 g/mol. The molecule has 5 nitrogen and oxygen atoms in total. The summed E-state index contributed by atoms with van der Waals surface area (Å²) in [6, 6.07) is 5.78. The first-order chi connectivity index (χ1) is 8.53. The highest BCUT2D eigenvalue weighted by Gasteiger charge is 2.40. The molecule has 1 unspecified atom stereocenters. The molecule has 0 N–H and O–H groups in total. The number of amides is 1. The van der Waals surface area contributed by atoms with E-state index >= 15 is 0 Å². The number of hydrogen-bond donors (Lipinski definition) is 0. The SMILES string of the molecule is CN(C)C(=O)C1(C)CN(c2ccccn2)CCO1. The van der Waals surface area contributed by atoms with E-state index in [4.69, 9.17) is 4.74 Å². The number of carbonyl (C=O) groups is 1. The van der Waals surface area contributed by atoms with Gasteiger partial charge in [-0.2, -0.15) is 0 Å². The third kappa shape index (κ3) is 2.46. The second-order valence-electron chi connectivity index (χ2n) is 4.89. The Kier molecular flexibility index (Phi) is 3.52. The van der Waals surface area contributed by atoms with Gasteiger partial charge in [0.25, 0.3) is 5.91 Å². The number of nitrogens with zero attached hydrogens (tertiary/aromatic N) is 3. The van der Waals surface area contributed by atoms with Gasteiger partial charge in [-0.1, -0.05) is 6.07 Å². The summed E-state index contributed by atoms with van der Waals surface area (Å²) in [6.07, 6.45) is 1.76. The van der Waals surface area contributed by atoms with Crippen molar-refractivity contribution in [1.82, 2.24) is 9.88 Å². The van der Waals surface area contributed by atoms with Gasteiger partial charge in [-0.15, -0.1) is 0 Å². The predicted molar refractivity (Wildman–Crippen MR) is 69.5 cm³/mol. The van der Waals surface area contributed by atoms with Crippen LogP contribution >= 0.6 is 0 Å². The zero-order valence-corrected chi connectivity index (χ0v) is 11.1. The monoisotopic (exact) mass is 249 g/mol. The Morgan fingerprint density at radius 2 is 2.28 bits per heavy atom. The largest absolute Gasteiger partial charge is 0.362 e. The Balaban J connectivity index is 2.16. The summed E-state index contributed by atoms with van der Waals surface area (Å²) in [4.78, 5) is 20.1. The van der Waals surface area contributed by atoms with Crippen LogP contribution in [0.2, 0.25) is 0 Å². The maximum absolute atomic E-state index is 12.2. The van der Waals surface area contributed by atoms with Crippen molar-refractivity contribution in [2.45, 2.75) is 12.5 Å². The summed E-state index contributed by atoms with van der Waals surface area (Å²) >= 11 is 0. The fourth-order valence-corrected chi connectivity index (χ4v) is 2.21. The van der Waals surface area contributed by atoms with Crippen molar-refractivity contribution in [3.63, 3.8) is 0 Å². The van der Waals surface area contributed by atoms with Gasteiger partial charge in [0, 0.05) is 26.8 Å². The predicted octanol–water partition coefficient (Wildman–Crippen LogP) is 0.765. The molecule has 18 heavy (non-hydrogen) atoms. The van der Waals surface area contributed by atoms with Crippen LogP contribution in [-0.2, 0) is 9.53 Å². The van der Waals surface area contributed by atoms with Crippen LogP contribution in [0.1, 0.15) is 6.92 Å².